The van der Waals surface area contributed by atoms with Crippen molar-refractivity contribution >= 4 is 16.9 Å². The summed E-state index contributed by atoms with van der Waals surface area (Å²) < 4.78 is 0. The number of aromatic amines is 1. The molecule has 0 saturated carbocycles. The molecule has 1 saturated heterocycles. The van der Waals surface area contributed by atoms with E-state index in [1.165, 1.54) is 25.7 Å². The molecule has 0 aliphatic carbocycles. The van der Waals surface area contributed by atoms with E-state index in [2.05, 4.69) is 27.0 Å². The molecule has 7 heteroatoms. The number of para-hydroxylation sites is 1. The van der Waals surface area contributed by atoms with E-state index in [1.807, 2.05) is 29.2 Å². The smallest absolute Gasteiger partial charge is 0.246 e. The molecule has 0 unspecified atom stereocenters. The number of aromatic nitrogens is 3. The maximum absolute atomic E-state index is 13.1. The van der Waals surface area contributed by atoms with Crippen LogP contribution in [0.2, 0.25) is 0 Å². The van der Waals surface area contributed by atoms with Crippen molar-refractivity contribution in [3.8, 4) is 17.0 Å². The number of nitrogens with one attached hydrogen (secondary N) is 1. The standard InChI is InChI=1S/C26H31N5O2/c1-18-25-20-17-22(19-9-4-5-10-23(19)32)28-29-26(20)27-21(25)12-16-31(18)24(33)11-8-15-30-13-6-2-3-7-14-30/h4-5,8-11,17-18,32H,2-3,6-7,12-16H2,1H3,(H,27,29)/t18-/m0/s1. The molecule has 1 atom stereocenters. The summed E-state index contributed by atoms with van der Waals surface area (Å²) >= 11 is 0. The van der Waals surface area contributed by atoms with Gasteiger partial charge in [-0.3, -0.25) is 9.69 Å². The predicted octanol–water partition coefficient (Wildman–Crippen LogP) is 4.21. The maximum atomic E-state index is 13.1. The Morgan fingerprint density at radius 3 is 2.73 bits per heavy atom. The summed E-state index contributed by atoms with van der Waals surface area (Å²) in [6, 6.07) is 9.03. The first-order valence-corrected chi connectivity index (χ1v) is 12.0. The van der Waals surface area contributed by atoms with Crippen LogP contribution in [0, 0.1) is 0 Å². The van der Waals surface area contributed by atoms with Crippen LogP contribution in [0.25, 0.3) is 22.3 Å². The number of rotatable bonds is 4. The molecule has 0 bridgehead atoms. The summed E-state index contributed by atoms with van der Waals surface area (Å²) in [4.78, 5) is 20.8. The molecule has 1 aromatic carbocycles. The summed E-state index contributed by atoms with van der Waals surface area (Å²) in [5.41, 5.74) is 4.19. The van der Waals surface area contributed by atoms with Gasteiger partial charge in [0.2, 0.25) is 5.91 Å². The Balaban J connectivity index is 1.37. The van der Waals surface area contributed by atoms with Crippen molar-refractivity contribution in [2.45, 2.75) is 45.1 Å². The summed E-state index contributed by atoms with van der Waals surface area (Å²) in [5, 5.41) is 19.9. The van der Waals surface area contributed by atoms with Crippen molar-refractivity contribution in [1.82, 2.24) is 25.0 Å². The largest absolute Gasteiger partial charge is 0.507 e. The van der Waals surface area contributed by atoms with Gasteiger partial charge in [0.25, 0.3) is 0 Å². The van der Waals surface area contributed by atoms with Gasteiger partial charge < -0.3 is 15.0 Å². The highest BCUT2D eigenvalue weighted by atomic mass is 16.3. The van der Waals surface area contributed by atoms with E-state index in [0.717, 1.165) is 48.3 Å². The number of amides is 1. The molecule has 1 fully saturated rings. The Morgan fingerprint density at radius 2 is 1.94 bits per heavy atom. The zero-order valence-corrected chi connectivity index (χ0v) is 19.1. The number of hydrogen-bond acceptors (Lipinski definition) is 5. The fraction of sp³-hybridized carbons (Fsp3) is 0.423. The Bertz CT molecular complexity index is 1180. The molecule has 3 aromatic rings. The fourth-order valence-corrected chi connectivity index (χ4v) is 5.16. The Morgan fingerprint density at radius 1 is 1.15 bits per heavy atom. The number of carbonyl (C=O) groups is 1. The normalized spacial score (nSPS) is 19.7. The summed E-state index contributed by atoms with van der Waals surface area (Å²) in [6.45, 7) is 5.83. The van der Waals surface area contributed by atoms with Crippen LogP contribution >= 0.6 is 0 Å². The summed E-state index contributed by atoms with van der Waals surface area (Å²) in [6.07, 6.45) is 9.65. The molecule has 2 aromatic heterocycles. The molecule has 1 amide bonds. The molecule has 4 heterocycles. The lowest BCUT2D eigenvalue weighted by molar-refractivity contribution is -0.128. The van der Waals surface area contributed by atoms with Crippen molar-refractivity contribution in [2.24, 2.45) is 0 Å². The van der Waals surface area contributed by atoms with Crippen molar-refractivity contribution in [3.05, 3.63) is 53.7 Å². The number of fused-ring (bicyclic) bond motifs is 3. The predicted molar refractivity (Wildman–Crippen MR) is 129 cm³/mol. The molecule has 0 radical (unpaired) electrons. The number of phenols is 1. The highest BCUT2D eigenvalue weighted by Crippen LogP contribution is 2.37. The highest BCUT2D eigenvalue weighted by molar-refractivity contribution is 5.90. The molecule has 2 aliphatic heterocycles. The van der Waals surface area contributed by atoms with E-state index in [-0.39, 0.29) is 17.7 Å². The van der Waals surface area contributed by atoms with E-state index < -0.39 is 0 Å². The second-order valence-electron chi connectivity index (χ2n) is 9.10. The molecule has 2 aliphatic rings. The van der Waals surface area contributed by atoms with Crippen molar-refractivity contribution in [3.63, 3.8) is 0 Å². The average molecular weight is 446 g/mol. The number of benzene rings is 1. The maximum Gasteiger partial charge on any atom is 0.246 e. The number of carbonyl (C=O) groups excluding carboxylic acids is 1. The third-order valence-corrected chi connectivity index (χ3v) is 6.95. The number of likely N-dealkylation sites (tertiary alicyclic amines) is 1. The Hall–Kier alpha value is -3.19. The van der Waals surface area contributed by atoms with E-state index in [1.54, 1.807) is 18.2 Å². The van der Waals surface area contributed by atoms with Gasteiger partial charge in [0.1, 0.15) is 5.75 Å². The quantitative estimate of drug-likeness (QED) is 0.588. The second-order valence-corrected chi connectivity index (χ2v) is 9.10. The van der Waals surface area contributed by atoms with E-state index >= 15 is 0 Å². The fourth-order valence-electron chi connectivity index (χ4n) is 5.16. The van der Waals surface area contributed by atoms with E-state index in [4.69, 9.17) is 0 Å². The average Bonchev–Trinajstić information content (AvgIpc) is 2.99. The zero-order valence-electron chi connectivity index (χ0n) is 19.1. The molecule has 172 valence electrons. The Kier molecular flexibility index (Phi) is 6.13. The van der Waals surface area contributed by atoms with Crippen molar-refractivity contribution < 1.29 is 9.90 Å². The van der Waals surface area contributed by atoms with Gasteiger partial charge in [0.15, 0.2) is 5.65 Å². The van der Waals surface area contributed by atoms with Gasteiger partial charge in [-0.25, -0.2) is 0 Å². The van der Waals surface area contributed by atoms with E-state index in [0.29, 0.717) is 17.8 Å². The third-order valence-electron chi connectivity index (χ3n) is 6.95. The lowest BCUT2D eigenvalue weighted by Crippen LogP contribution is -2.37. The first-order valence-electron chi connectivity index (χ1n) is 12.0. The van der Waals surface area contributed by atoms with Crippen LogP contribution in [0.15, 0.2) is 42.5 Å². The minimum absolute atomic E-state index is 0.0558. The zero-order chi connectivity index (χ0) is 22.8. The van der Waals surface area contributed by atoms with Crippen LogP contribution in [-0.2, 0) is 11.2 Å². The lowest BCUT2D eigenvalue weighted by Gasteiger charge is -2.33. The Labute approximate surface area is 194 Å². The SMILES string of the molecule is C[C@H]1c2c([nH]c3nnc(-c4ccccc4O)cc23)CCN1C(=O)C=CCN1CCCCCC1. The number of H-pyrrole nitrogens is 1. The lowest BCUT2D eigenvalue weighted by atomic mass is 9.96. The van der Waals surface area contributed by atoms with Crippen molar-refractivity contribution in [1.29, 1.82) is 0 Å². The summed E-state index contributed by atoms with van der Waals surface area (Å²) in [7, 11) is 0. The molecule has 7 nitrogen and oxygen atoms in total. The number of nitrogens with zero attached hydrogens (tertiary/aromatic N) is 4. The van der Waals surface area contributed by atoms with Crippen LogP contribution in [-0.4, -0.2) is 62.2 Å². The molecule has 33 heavy (non-hydrogen) atoms. The van der Waals surface area contributed by atoms with Gasteiger partial charge in [-0.2, -0.15) is 0 Å². The monoisotopic (exact) mass is 445 g/mol. The summed E-state index contributed by atoms with van der Waals surface area (Å²) in [5.74, 6) is 0.232. The van der Waals surface area contributed by atoms with Gasteiger partial charge in [0.05, 0.1) is 11.7 Å². The molecular weight excluding hydrogens is 414 g/mol. The van der Waals surface area contributed by atoms with Gasteiger partial charge >= 0.3 is 0 Å². The van der Waals surface area contributed by atoms with Gasteiger partial charge in [-0.05, 0) is 51.1 Å². The topological polar surface area (TPSA) is 85.3 Å². The first kappa shape index (κ1) is 21.6. The number of phenolic OH excluding ortho intramolecular Hbond substituents is 1. The molecule has 5 rings (SSSR count). The van der Waals surface area contributed by atoms with Crippen LogP contribution in [0.3, 0.4) is 0 Å². The first-order chi connectivity index (χ1) is 16.1. The van der Waals surface area contributed by atoms with Crippen LogP contribution in [0.5, 0.6) is 5.75 Å². The molecule has 2 N–H and O–H groups in total. The van der Waals surface area contributed by atoms with Crippen LogP contribution in [0.4, 0.5) is 0 Å². The van der Waals surface area contributed by atoms with Gasteiger partial charge in [-0.1, -0.05) is 31.1 Å². The second kappa shape index (κ2) is 9.35. The molecular formula is C26H31N5O2. The molecule has 0 spiro atoms. The van der Waals surface area contributed by atoms with Crippen LogP contribution in [0.1, 0.15) is 49.9 Å². The van der Waals surface area contributed by atoms with Gasteiger partial charge in [0, 0.05) is 47.8 Å². The van der Waals surface area contributed by atoms with Crippen LogP contribution < -0.4 is 0 Å². The number of hydrogen-bond donors (Lipinski definition) is 2. The van der Waals surface area contributed by atoms with Gasteiger partial charge in [-0.15, -0.1) is 10.2 Å². The van der Waals surface area contributed by atoms with E-state index in [9.17, 15) is 9.90 Å². The van der Waals surface area contributed by atoms with Crippen molar-refractivity contribution in [2.75, 3.05) is 26.2 Å². The minimum atomic E-state index is -0.0701. The highest BCUT2D eigenvalue weighted by Gasteiger charge is 2.30. The minimum Gasteiger partial charge on any atom is -0.507 e. The number of aromatic hydroxyl groups is 1. The third kappa shape index (κ3) is 4.37.